The molecule has 1 saturated heterocycles. The van der Waals surface area contributed by atoms with Crippen molar-refractivity contribution in [3.63, 3.8) is 0 Å². The topological polar surface area (TPSA) is 50.4 Å². The van der Waals surface area contributed by atoms with Crippen molar-refractivity contribution >= 4 is 11.6 Å². The molecule has 2 rings (SSSR count). The predicted octanol–water partition coefficient (Wildman–Crippen LogP) is 2.95. The molecule has 22 heavy (non-hydrogen) atoms. The summed E-state index contributed by atoms with van der Waals surface area (Å²) in [5.41, 5.74) is 0.532. The van der Waals surface area contributed by atoms with Crippen molar-refractivity contribution in [2.24, 2.45) is 5.92 Å². The second-order valence-corrected chi connectivity index (χ2v) is 5.55. The van der Waals surface area contributed by atoms with Crippen LogP contribution in [0.1, 0.15) is 19.8 Å². The van der Waals surface area contributed by atoms with E-state index in [-0.39, 0.29) is 17.7 Å². The molecule has 1 amide bonds. The van der Waals surface area contributed by atoms with E-state index in [0.717, 1.165) is 19.4 Å². The molecule has 1 aromatic rings. The molecule has 0 aliphatic carbocycles. The van der Waals surface area contributed by atoms with Crippen LogP contribution in [0.25, 0.3) is 0 Å². The Bertz CT molecular complexity index is 503. The van der Waals surface area contributed by atoms with Gasteiger partial charge in [-0.2, -0.15) is 13.2 Å². The van der Waals surface area contributed by atoms with Gasteiger partial charge in [-0.3, -0.25) is 4.79 Å². The van der Waals surface area contributed by atoms with Gasteiger partial charge in [0.1, 0.15) is 5.75 Å². The molecule has 0 aromatic heterocycles. The van der Waals surface area contributed by atoms with E-state index < -0.39 is 12.8 Å². The molecule has 0 spiro atoms. The minimum Gasteiger partial charge on any atom is -0.484 e. The van der Waals surface area contributed by atoms with Crippen LogP contribution in [0.3, 0.4) is 0 Å². The summed E-state index contributed by atoms with van der Waals surface area (Å²) in [6.07, 6.45) is -2.54. The highest BCUT2D eigenvalue weighted by Gasteiger charge is 2.28. The van der Waals surface area contributed by atoms with Crippen LogP contribution >= 0.6 is 0 Å². The lowest BCUT2D eigenvalue weighted by Gasteiger charge is -2.27. The normalized spacial score (nSPS) is 22.2. The third-order valence-corrected chi connectivity index (χ3v) is 3.51. The average molecular weight is 316 g/mol. The summed E-state index contributed by atoms with van der Waals surface area (Å²) in [7, 11) is 0. The molecule has 122 valence electrons. The molecule has 1 aromatic carbocycles. The molecule has 2 atom stereocenters. The van der Waals surface area contributed by atoms with E-state index in [4.69, 9.17) is 0 Å². The molecule has 1 fully saturated rings. The third kappa shape index (κ3) is 5.22. The van der Waals surface area contributed by atoms with Gasteiger partial charge in [0.25, 0.3) is 0 Å². The monoisotopic (exact) mass is 316 g/mol. The van der Waals surface area contributed by atoms with Gasteiger partial charge in [0.2, 0.25) is 5.91 Å². The van der Waals surface area contributed by atoms with Gasteiger partial charge in [-0.1, -0.05) is 6.92 Å². The SMILES string of the molecule is CC1CCNC(C(=O)Nc2ccc(OCC(F)(F)F)cc2)C1. The first kappa shape index (κ1) is 16.6. The van der Waals surface area contributed by atoms with Gasteiger partial charge in [-0.15, -0.1) is 0 Å². The van der Waals surface area contributed by atoms with Gasteiger partial charge >= 0.3 is 6.18 Å². The number of carbonyl (C=O) groups excluding carboxylic acids is 1. The quantitative estimate of drug-likeness (QED) is 0.898. The summed E-state index contributed by atoms with van der Waals surface area (Å²) in [4.78, 5) is 12.1. The van der Waals surface area contributed by atoms with Crippen LogP contribution in [0, 0.1) is 5.92 Å². The molecule has 0 bridgehead atoms. The molecule has 2 N–H and O–H groups in total. The van der Waals surface area contributed by atoms with Crippen molar-refractivity contribution in [2.75, 3.05) is 18.5 Å². The second kappa shape index (κ2) is 7.00. The number of piperidine rings is 1. The highest BCUT2D eigenvalue weighted by atomic mass is 19.4. The van der Waals surface area contributed by atoms with Crippen molar-refractivity contribution in [2.45, 2.75) is 32.0 Å². The standard InChI is InChI=1S/C15H19F3N2O2/c1-10-6-7-19-13(8-10)14(21)20-11-2-4-12(5-3-11)22-9-15(16,17)18/h2-5,10,13,19H,6-9H2,1H3,(H,20,21). The maximum Gasteiger partial charge on any atom is 0.422 e. The predicted molar refractivity (Wildman–Crippen MR) is 76.8 cm³/mol. The molecule has 1 heterocycles. The summed E-state index contributed by atoms with van der Waals surface area (Å²) in [6.45, 7) is 1.58. The number of anilines is 1. The van der Waals surface area contributed by atoms with Crippen LogP contribution in [0.2, 0.25) is 0 Å². The van der Waals surface area contributed by atoms with Crippen molar-refractivity contribution < 1.29 is 22.7 Å². The summed E-state index contributed by atoms with van der Waals surface area (Å²) < 4.78 is 40.7. The lowest BCUT2D eigenvalue weighted by Crippen LogP contribution is -2.45. The van der Waals surface area contributed by atoms with Gasteiger partial charge in [0.15, 0.2) is 6.61 Å². The van der Waals surface area contributed by atoms with Crippen LogP contribution < -0.4 is 15.4 Å². The Morgan fingerprint density at radius 1 is 1.36 bits per heavy atom. The Kier molecular flexibility index (Phi) is 5.28. The van der Waals surface area contributed by atoms with Crippen molar-refractivity contribution in [1.82, 2.24) is 5.32 Å². The van der Waals surface area contributed by atoms with Crippen molar-refractivity contribution in [3.05, 3.63) is 24.3 Å². The highest BCUT2D eigenvalue weighted by Crippen LogP contribution is 2.21. The summed E-state index contributed by atoms with van der Waals surface area (Å²) >= 11 is 0. The first-order chi connectivity index (χ1) is 10.3. The molecule has 2 unspecified atom stereocenters. The Balaban J connectivity index is 1.86. The Morgan fingerprint density at radius 3 is 2.64 bits per heavy atom. The number of alkyl halides is 3. The van der Waals surface area contributed by atoms with Crippen LogP contribution in [0.15, 0.2) is 24.3 Å². The Labute approximate surface area is 127 Å². The minimum absolute atomic E-state index is 0.111. The molecule has 7 heteroatoms. The summed E-state index contributed by atoms with van der Waals surface area (Å²) in [5, 5.41) is 5.91. The van der Waals surface area contributed by atoms with Crippen LogP contribution in [0.5, 0.6) is 5.75 Å². The zero-order chi connectivity index (χ0) is 16.2. The van der Waals surface area contributed by atoms with Gasteiger partial charge < -0.3 is 15.4 Å². The van der Waals surface area contributed by atoms with E-state index in [1.165, 1.54) is 24.3 Å². The lowest BCUT2D eigenvalue weighted by atomic mass is 9.94. The number of carbonyl (C=O) groups is 1. The third-order valence-electron chi connectivity index (χ3n) is 3.51. The molecule has 0 saturated carbocycles. The first-order valence-electron chi connectivity index (χ1n) is 7.17. The molecule has 1 aliphatic heterocycles. The van der Waals surface area contributed by atoms with E-state index in [9.17, 15) is 18.0 Å². The number of benzene rings is 1. The first-order valence-corrected chi connectivity index (χ1v) is 7.17. The smallest absolute Gasteiger partial charge is 0.422 e. The number of hydrogen-bond acceptors (Lipinski definition) is 3. The summed E-state index contributed by atoms with van der Waals surface area (Å²) in [6, 6.07) is 5.62. The zero-order valence-electron chi connectivity index (χ0n) is 12.2. The van der Waals surface area contributed by atoms with E-state index in [1.54, 1.807) is 0 Å². The highest BCUT2D eigenvalue weighted by molar-refractivity contribution is 5.94. The maximum absolute atomic E-state index is 12.1. The van der Waals surface area contributed by atoms with Crippen molar-refractivity contribution in [3.8, 4) is 5.75 Å². The molecule has 0 radical (unpaired) electrons. The number of nitrogens with one attached hydrogen (secondary N) is 2. The number of rotatable bonds is 4. The number of halogens is 3. The van der Waals surface area contributed by atoms with Crippen LogP contribution in [-0.2, 0) is 4.79 Å². The fraction of sp³-hybridized carbons (Fsp3) is 0.533. The summed E-state index contributed by atoms with van der Waals surface area (Å²) in [5.74, 6) is 0.477. The van der Waals surface area contributed by atoms with Gasteiger partial charge in [-0.25, -0.2) is 0 Å². The van der Waals surface area contributed by atoms with Gasteiger partial charge in [0.05, 0.1) is 6.04 Å². The molecular formula is C15H19F3N2O2. The van der Waals surface area contributed by atoms with Gasteiger partial charge in [0, 0.05) is 5.69 Å². The second-order valence-electron chi connectivity index (χ2n) is 5.55. The molecule has 1 aliphatic rings. The van der Waals surface area contributed by atoms with Crippen LogP contribution in [0.4, 0.5) is 18.9 Å². The zero-order valence-corrected chi connectivity index (χ0v) is 12.2. The van der Waals surface area contributed by atoms with E-state index in [2.05, 4.69) is 22.3 Å². The lowest BCUT2D eigenvalue weighted by molar-refractivity contribution is -0.153. The Hall–Kier alpha value is -1.76. The number of amides is 1. The number of hydrogen-bond donors (Lipinski definition) is 2. The Morgan fingerprint density at radius 2 is 2.05 bits per heavy atom. The van der Waals surface area contributed by atoms with E-state index in [1.807, 2.05) is 0 Å². The fourth-order valence-corrected chi connectivity index (χ4v) is 2.34. The van der Waals surface area contributed by atoms with E-state index >= 15 is 0 Å². The number of ether oxygens (including phenoxy) is 1. The van der Waals surface area contributed by atoms with Crippen LogP contribution in [-0.4, -0.2) is 31.3 Å². The molecule has 4 nitrogen and oxygen atoms in total. The van der Waals surface area contributed by atoms with E-state index in [0.29, 0.717) is 11.6 Å². The van der Waals surface area contributed by atoms with Crippen molar-refractivity contribution in [1.29, 1.82) is 0 Å². The maximum atomic E-state index is 12.1. The minimum atomic E-state index is -4.36. The van der Waals surface area contributed by atoms with Gasteiger partial charge in [-0.05, 0) is 49.6 Å². The molecular weight excluding hydrogens is 297 g/mol. The average Bonchev–Trinajstić information content (AvgIpc) is 2.46. The largest absolute Gasteiger partial charge is 0.484 e. The fourth-order valence-electron chi connectivity index (χ4n) is 2.34.